The Kier molecular flexibility index (Phi) is 2.12. The molecule has 0 spiro atoms. The first-order valence-corrected chi connectivity index (χ1v) is 6.00. The predicted octanol–water partition coefficient (Wildman–Crippen LogP) is 2.08. The second-order valence-electron chi connectivity index (χ2n) is 3.90. The Morgan fingerprint density at radius 3 is 2.76 bits per heavy atom. The Balaban J connectivity index is 2.33. The van der Waals surface area contributed by atoms with E-state index < -0.39 is 0 Å². The van der Waals surface area contributed by atoms with Gasteiger partial charge in [-0.1, -0.05) is 0 Å². The molecular weight excluding hydrogens is 234 g/mol. The topological polar surface area (TPSA) is 69.6 Å². The minimum absolute atomic E-state index is 0.501. The molecule has 0 atom stereocenters. The van der Waals surface area contributed by atoms with Crippen LogP contribution in [-0.2, 0) is 0 Å². The van der Waals surface area contributed by atoms with Gasteiger partial charge in [-0.15, -0.1) is 16.4 Å². The molecule has 17 heavy (non-hydrogen) atoms. The van der Waals surface area contributed by atoms with Crippen LogP contribution < -0.4 is 5.73 Å². The molecule has 3 aromatic heterocycles. The molecule has 0 aliphatic heterocycles. The zero-order valence-electron chi connectivity index (χ0n) is 9.51. The van der Waals surface area contributed by atoms with E-state index in [1.165, 1.54) is 4.88 Å². The lowest BCUT2D eigenvalue weighted by Gasteiger charge is -2.03. The van der Waals surface area contributed by atoms with Crippen molar-refractivity contribution in [3.8, 4) is 5.82 Å². The highest BCUT2D eigenvalue weighted by Gasteiger charge is 2.11. The number of nitrogen functional groups attached to an aromatic ring is 1. The van der Waals surface area contributed by atoms with Crippen molar-refractivity contribution in [2.45, 2.75) is 13.8 Å². The molecule has 0 amide bonds. The van der Waals surface area contributed by atoms with Crippen LogP contribution in [0.2, 0.25) is 0 Å². The molecule has 86 valence electrons. The van der Waals surface area contributed by atoms with Crippen LogP contribution in [0.3, 0.4) is 0 Å². The number of thiophene rings is 1. The zero-order valence-corrected chi connectivity index (χ0v) is 10.3. The standard InChI is InChI=1S/C11H11N5S/c1-6-3-9(12)15-16(6)10-8-4-7(2)17-11(8)14-5-13-10/h3-5H,1-2H3,(H2,12,15). The maximum Gasteiger partial charge on any atom is 0.165 e. The summed E-state index contributed by atoms with van der Waals surface area (Å²) in [5.41, 5.74) is 6.66. The summed E-state index contributed by atoms with van der Waals surface area (Å²) in [4.78, 5) is 10.7. The number of fused-ring (bicyclic) bond motifs is 1. The summed E-state index contributed by atoms with van der Waals surface area (Å²) in [6.07, 6.45) is 1.56. The van der Waals surface area contributed by atoms with Crippen LogP contribution in [0.1, 0.15) is 10.6 Å². The maximum atomic E-state index is 5.69. The van der Waals surface area contributed by atoms with Crippen molar-refractivity contribution in [1.82, 2.24) is 19.7 Å². The molecule has 3 rings (SSSR count). The molecule has 6 heteroatoms. The monoisotopic (exact) mass is 245 g/mol. The van der Waals surface area contributed by atoms with Crippen molar-refractivity contribution >= 4 is 27.4 Å². The lowest BCUT2D eigenvalue weighted by Crippen LogP contribution is -2.03. The summed E-state index contributed by atoms with van der Waals surface area (Å²) in [6, 6.07) is 3.90. The van der Waals surface area contributed by atoms with Gasteiger partial charge >= 0.3 is 0 Å². The largest absolute Gasteiger partial charge is 0.382 e. The van der Waals surface area contributed by atoms with E-state index >= 15 is 0 Å². The second kappa shape index (κ2) is 3.53. The van der Waals surface area contributed by atoms with E-state index in [0.717, 1.165) is 21.7 Å². The van der Waals surface area contributed by atoms with Crippen molar-refractivity contribution in [1.29, 1.82) is 0 Å². The third-order valence-electron chi connectivity index (χ3n) is 2.54. The summed E-state index contributed by atoms with van der Waals surface area (Å²) in [7, 11) is 0. The van der Waals surface area contributed by atoms with Crippen LogP contribution >= 0.6 is 11.3 Å². The van der Waals surface area contributed by atoms with Gasteiger partial charge in [-0.2, -0.15) is 0 Å². The molecule has 0 bridgehead atoms. The Morgan fingerprint density at radius 2 is 2.06 bits per heavy atom. The van der Waals surface area contributed by atoms with E-state index in [0.29, 0.717) is 5.82 Å². The van der Waals surface area contributed by atoms with Crippen molar-refractivity contribution in [3.05, 3.63) is 29.0 Å². The first kappa shape index (κ1) is 10.2. The van der Waals surface area contributed by atoms with Crippen molar-refractivity contribution in [2.24, 2.45) is 0 Å². The minimum Gasteiger partial charge on any atom is -0.382 e. The molecule has 0 unspecified atom stereocenters. The van der Waals surface area contributed by atoms with Gasteiger partial charge in [-0.05, 0) is 19.9 Å². The van der Waals surface area contributed by atoms with E-state index in [4.69, 9.17) is 5.73 Å². The predicted molar refractivity (Wildman–Crippen MR) is 68.4 cm³/mol. The molecule has 0 radical (unpaired) electrons. The van der Waals surface area contributed by atoms with Gasteiger partial charge in [0.1, 0.15) is 17.0 Å². The van der Waals surface area contributed by atoms with Gasteiger partial charge in [0.25, 0.3) is 0 Å². The van der Waals surface area contributed by atoms with Gasteiger partial charge < -0.3 is 5.73 Å². The minimum atomic E-state index is 0.501. The molecule has 0 aromatic carbocycles. The molecule has 0 saturated heterocycles. The molecule has 3 heterocycles. The van der Waals surface area contributed by atoms with Crippen molar-refractivity contribution in [2.75, 3.05) is 5.73 Å². The highest BCUT2D eigenvalue weighted by molar-refractivity contribution is 7.18. The fourth-order valence-electron chi connectivity index (χ4n) is 1.85. The van der Waals surface area contributed by atoms with Gasteiger partial charge in [-0.25, -0.2) is 14.6 Å². The zero-order chi connectivity index (χ0) is 12.0. The molecule has 2 N–H and O–H groups in total. The molecule has 0 aliphatic carbocycles. The summed E-state index contributed by atoms with van der Waals surface area (Å²) in [5, 5.41) is 5.26. The summed E-state index contributed by atoms with van der Waals surface area (Å²) >= 11 is 1.65. The summed E-state index contributed by atoms with van der Waals surface area (Å²) in [6.45, 7) is 4.01. The van der Waals surface area contributed by atoms with E-state index in [1.54, 1.807) is 22.3 Å². The lowest BCUT2D eigenvalue weighted by molar-refractivity contribution is 0.826. The lowest BCUT2D eigenvalue weighted by atomic mass is 10.3. The highest BCUT2D eigenvalue weighted by Crippen LogP contribution is 2.27. The van der Waals surface area contributed by atoms with Crippen molar-refractivity contribution in [3.63, 3.8) is 0 Å². The van der Waals surface area contributed by atoms with Crippen molar-refractivity contribution < 1.29 is 0 Å². The van der Waals surface area contributed by atoms with E-state index in [1.807, 2.05) is 13.0 Å². The van der Waals surface area contributed by atoms with Crippen LogP contribution in [-0.4, -0.2) is 19.7 Å². The van der Waals surface area contributed by atoms with Gasteiger partial charge in [-0.3, -0.25) is 0 Å². The van der Waals surface area contributed by atoms with Crippen LogP contribution in [0, 0.1) is 13.8 Å². The number of nitrogens with zero attached hydrogens (tertiary/aromatic N) is 4. The average molecular weight is 245 g/mol. The maximum absolute atomic E-state index is 5.69. The summed E-state index contributed by atoms with van der Waals surface area (Å²) < 4.78 is 1.76. The quantitative estimate of drug-likeness (QED) is 0.712. The van der Waals surface area contributed by atoms with Crippen LogP contribution in [0.5, 0.6) is 0 Å². The number of aryl methyl sites for hydroxylation is 2. The first-order valence-electron chi connectivity index (χ1n) is 5.19. The third kappa shape index (κ3) is 1.57. The molecule has 0 fully saturated rings. The van der Waals surface area contributed by atoms with Gasteiger partial charge in [0.15, 0.2) is 5.82 Å². The number of aromatic nitrogens is 4. The second-order valence-corrected chi connectivity index (χ2v) is 5.13. The SMILES string of the molecule is Cc1cc2c(-n3nc(N)cc3C)ncnc2s1. The number of rotatable bonds is 1. The highest BCUT2D eigenvalue weighted by atomic mass is 32.1. The molecule has 0 aliphatic rings. The fraction of sp³-hybridized carbons (Fsp3) is 0.182. The summed E-state index contributed by atoms with van der Waals surface area (Å²) in [5.74, 6) is 1.29. The van der Waals surface area contributed by atoms with Gasteiger partial charge in [0.05, 0.1) is 5.39 Å². The smallest absolute Gasteiger partial charge is 0.165 e. The van der Waals surface area contributed by atoms with E-state index in [9.17, 15) is 0 Å². The Hall–Kier alpha value is -1.95. The fourth-order valence-corrected chi connectivity index (χ4v) is 2.69. The Labute approximate surface area is 102 Å². The van der Waals surface area contributed by atoms with Crippen LogP contribution in [0.15, 0.2) is 18.5 Å². The van der Waals surface area contributed by atoms with Crippen LogP contribution in [0.4, 0.5) is 5.82 Å². The van der Waals surface area contributed by atoms with E-state index in [2.05, 4.69) is 28.1 Å². The number of hydrogen-bond donors (Lipinski definition) is 1. The first-order chi connectivity index (χ1) is 8.15. The Bertz CT molecular complexity index is 697. The number of anilines is 1. The molecule has 3 aromatic rings. The number of nitrogens with two attached hydrogens (primary N) is 1. The van der Waals surface area contributed by atoms with Crippen LogP contribution in [0.25, 0.3) is 16.0 Å². The average Bonchev–Trinajstić information content (AvgIpc) is 2.79. The van der Waals surface area contributed by atoms with E-state index in [-0.39, 0.29) is 0 Å². The van der Waals surface area contributed by atoms with Gasteiger partial charge in [0, 0.05) is 16.6 Å². The Morgan fingerprint density at radius 1 is 1.24 bits per heavy atom. The normalized spacial score (nSPS) is 11.2. The number of hydrogen-bond acceptors (Lipinski definition) is 5. The molecule has 5 nitrogen and oxygen atoms in total. The van der Waals surface area contributed by atoms with Gasteiger partial charge in [0.2, 0.25) is 0 Å². The molecule has 0 saturated carbocycles. The third-order valence-corrected chi connectivity index (χ3v) is 3.50. The molecular formula is C11H11N5S.